The fourth-order valence-electron chi connectivity index (χ4n) is 4.26. The molecule has 0 radical (unpaired) electrons. The van der Waals surface area contributed by atoms with E-state index in [1.54, 1.807) is 0 Å². The van der Waals surface area contributed by atoms with Crippen molar-refractivity contribution in [2.75, 3.05) is 26.2 Å². The second-order valence-corrected chi connectivity index (χ2v) is 8.20. The molecule has 1 amide bonds. The number of nitrogens with zero attached hydrogens (tertiary/aromatic N) is 1. The van der Waals surface area contributed by atoms with Gasteiger partial charge in [-0.25, -0.2) is 0 Å². The standard InChI is InChI=1S/C22H31ClN2O.ClH/c1-2-25-15-13-18(14-16-25)17-24-21(26)22(23,19-9-5-3-6-10-19)20-11-7-4-8-12-20;/h3,5-6,9-10,13,20H,2,4,7-8,11-12,14-17H2,1H3,(H,24,26);1H. The van der Waals surface area contributed by atoms with Gasteiger partial charge >= 0.3 is 0 Å². The molecule has 3 rings (SSSR count). The highest BCUT2D eigenvalue weighted by Gasteiger charge is 2.45. The molecule has 2 aliphatic rings. The van der Waals surface area contributed by atoms with E-state index in [2.05, 4.69) is 23.2 Å². The minimum Gasteiger partial charge on any atom is -0.351 e. The Morgan fingerprint density at radius 1 is 1.22 bits per heavy atom. The summed E-state index contributed by atoms with van der Waals surface area (Å²) in [6, 6.07) is 9.93. The first-order chi connectivity index (χ1) is 12.6. The van der Waals surface area contributed by atoms with Gasteiger partial charge in [-0.05, 0) is 37.3 Å². The molecule has 0 aromatic heterocycles. The summed E-state index contributed by atoms with van der Waals surface area (Å²) in [6.07, 6.45) is 8.92. The molecular weight excluding hydrogens is 379 g/mol. The zero-order valence-electron chi connectivity index (χ0n) is 16.3. The highest BCUT2D eigenvalue weighted by atomic mass is 35.5. The van der Waals surface area contributed by atoms with Crippen molar-refractivity contribution < 1.29 is 4.79 Å². The van der Waals surface area contributed by atoms with Gasteiger partial charge in [0, 0.05) is 19.6 Å². The largest absolute Gasteiger partial charge is 0.351 e. The van der Waals surface area contributed by atoms with Crippen LogP contribution in [0.25, 0.3) is 0 Å². The number of carbonyl (C=O) groups is 1. The fourth-order valence-corrected chi connectivity index (χ4v) is 4.67. The second kappa shape index (κ2) is 10.5. The number of carbonyl (C=O) groups excluding carboxylic acids is 1. The Hall–Kier alpha value is -1.03. The van der Waals surface area contributed by atoms with Crippen LogP contribution in [0.4, 0.5) is 0 Å². The van der Waals surface area contributed by atoms with E-state index in [0.717, 1.165) is 57.3 Å². The maximum Gasteiger partial charge on any atom is 0.246 e. The lowest BCUT2D eigenvalue weighted by Crippen LogP contribution is -2.47. The second-order valence-electron chi connectivity index (χ2n) is 7.60. The number of nitrogens with one attached hydrogen (secondary N) is 1. The molecule has 1 atom stereocenters. The Balaban J connectivity index is 0.00000261. The van der Waals surface area contributed by atoms with E-state index in [4.69, 9.17) is 11.6 Å². The molecule has 1 N–H and O–H groups in total. The molecule has 0 bridgehead atoms. The van der Waals surface area contributed by atoms with E-state index in [1.165, 1.54) is 12.0 Å². The molecule has 1 saturated carbocycles. The summed E-state index contributed by atoms with van der Waals surface area (Å²) in [5.74, 6) is 0.173. The third-order valence-electron chi connectivity index (χ3n) is 6.00. The quantitative estimate of drug-likeness (QED) is 0.534. The maximum absolute atomic E-state index is 13.2. The molecule has 1 aliphatic heterocycles. The van der Waals surface area contributed by atoms with E-state index in [0.29, 0.717) is 6.54 Å². The predicted octanol–water partition coefficient (Wildman–Crippen LogP) is 4.89. The van der Waals surface area contributed by atoms with Crippen molar-refractivity contribution in [3.05, 3.63) is 47.5 Å². The van der Waals surface area contributed by atoms with Crippen molar-refractivity contribution in [3.8, 4) is 0 Å². The molecule has 27 heavy (non-hydrogen) atoms. The molecule has 5 heteroatoms. The maximum atomic E-state index is 13.2. The third-order valence-corrected chi connectivity index (χ3v) is 6.70. The van der Waals surface area contributed by atoms with Crippen LogP contribution in [-0.4, -0.2) is 37.0 Å². The van der Waals surface area contributed by atoms with Gasteiger partial charge in [0.05, 0.1) is 0 Å². The molecule has 1 unspecified atom stereocenters. The molecule has 1 aromatic rings. The topological polar surface area (TPSA) is 32.3 Å². The van der Waals surface area contributed by atoms with Gasteiger partial charge in [0.15, 0.2) is 4.87 Å². The van der Waals surface area contributed by atoms with Crippen molar-refractivity contribution >= 4 is 29.9 Å². The van der Waals surface area contributed by atoms with Gasteiger partial charge in [-0.15, -0.1) is 24.0 Å². The highest BCUT2D eigenvalue weighted by molar-refractivity contribution is 6.35. The monoisotopic (exact) mass is 410 g/mol. The van der Waals surface area contributed by atoms with Crippen LogP contribution in [0.15, 0.2) is 42.0 Å². The van der Waals surface area contributed by atoms with Crippen LogP contribution < -0.4 is 5.32 Å². The van der Waals surface area contributed by atoms with Crippen molar-refractivity contribution in [2.45, 2.75) is 50.3 Å². The van der Waals surface area contributed by atoms with Crippen LogP contribution in [0, 0.1) is 5.92 Å². The number of alkyl halides is 1. The summed E-state index contributed by atoms with van der Waals surface area (Å²) in [6.45, 7) is 5.94. The Morgan fingerprint density at radius 2 is 1.93 bits per heavy atom. The molecule has 1 aromatic carbocycles. The summed E-state index contributed by atoms with van der Waals surface area (Å²) in [4.78, 5) is 14.7. The molecule has 0 spiro atoms. The lowest BCUT2D eigenvalue weighted by atomic mass is 9.75. The molecule has 1 aliphatic carbocycles. The Labute approximate surface area is 174 Å². The number of rotatable bonds is 6. The van der Waals surface area contributed by atoms with E-state index in [9.17, 15) is 4.79 Å². The van der Waals surface area contributed by atoms with E-state index in [-0.39, 0.29) is 24.2 Å². The number of halogens is 2. The lowest BCUT2D eigenvalue weighted by molar-refractivity contribution is -0.125. The van der Waals surface area contributed by atoms with Crippen LogP contribution in [0.3, 0.4) is 0 Å². The van der Waals surface area contributed by atoms with Crippen LogP contribution >= 0.6 is 24.0 Å². The third kappa shape index (κ3) is 5.28. The lowest BCUT2D eigenvalue weighted by Gasteiger charge is -2.37. The fraction of sp³-hybridized carbons (Fsp3) is 0.591. The molecule has 1 heterocycles. The highest BCUT2D eigenvalue weighted by Crippen LogP contribution is 2.44. The SMILES string of the molecule is CCN1CC=C(CNC(=O)C(Cl)(c2ccccc2)C2CCCCC2)CC1.Cl. The first-order valence-electron chi connectivity index (χ1n) is 10.1. The zero-order chi connectivity index (χ0) is 18.4. The summed E-state index contributed by atoms with van der Waals surface area (Å²) < 4.78 is 0. The average molecular weight is 411 g/mol. The number of amides is 1. The van der Waals surface area contributed by atoms with E-state index in [1.807, 2.05) is 30.3 Å². The number of likely N-dealkylation sites (N-methyl/N-ethyl adjacent to an activating group) is 1. The zero-order valence-corrected chi connectivity index (χ0v) is 17.8. The van der Waals surface area contributed by atoms with Gasteiger partial charge in [-0.2, -0.15) is 0 Å². The summed E-state index contributed by atoms with van der Waals surface area (Å²) >= 11 is 7.12. The normalized spacial score (nSPS) is 20.9. The Bertz CT molecular complexity index is 628. The van der Waals surface area contributed by atoms with Crippen molar-refractivity contribution in [2.24, 2.45) is 5.92 Å². The Kier molecular flexibility index (Phi) is 8.65. The molecule has 0 saturated heterocycles. The van der Waals surface area contributed by atoms with E-state index >= 15 is 0 Å². The average Bonchev–Trinajstić information content (AvgIpc) is 2.73. The number of hydrogen-bond acceptors (Lipinski definition) is 2. The molecular formula is C22H32Cl2N2O. The summed E-state index contributed by atoms with van der Waals surface area (Å²) in [5, 5.41) is 3.16. The van der Waals surface area contributed by atoms with Gasteiger partial charge in [0.1, 0.15) is 0 Å². The van der Waals surface area contributed by atoms with Crippen LogP contribution in [-0.2, 0) is 9.67 Å². The predicted molar refractivity (Wildman–Crippen MR) is 116 cm³/mol. The van der Waals surface area contributed by atoms with Crippen molar-refractivity contribution in [1.29, 1.82) is 0 Å². The smallest absolute Gasteiger partial charge is 0.246 e. The van der Waals surface area contributed by atoms with Gasteiger partial charge in [-0.3, -0.25) is 9.69 Å². The molecule has 3 nitrogen and oxygen atoms in total. The van der Waals surface area contributed by atoms with Gasteiger partial charge < -0.3 is 5.32 Å². The first kappa shape index (κ1) is 22.3. The van der Waals surface area contributed by atoms with Crippen molar-refractivity contribution in [3.63, 3.8) is 0 Å². The van der Waals surface area contributed by atoms with Gasteiger partial charge in [0.25, 0.3) is 0 Å². The van der Waals surface area contributed by atoms with E-state index < -0.39 is 4.87 Å². The number of hydrogen-bond donors (Lipinski definition) is 1. The summed E-state index contributed by atoms with van der Waals surface area (Å²) in [7, 11) is 0. The van der Waals surface area contributed by atoms with Crippen LogP contribution in [0.5, 0.6) is 0 Å². The molecule has 150 valence electrons. The van der Waals surface area contributed by atoms with Crippen LogP contribution in [0.1, 0.15) is 51.0 Å². The molecule has 1 fully saturated rings. The van der Waals surface area contributed by atoms with Gasteiger partial charge in [0.2, 0.25) is 5.91 Å². The van der Waals surface area contributed by atoms with Crippen molar-refractivity contribution in [1.82, 2.24) is 10.2 Å². The number of benzene rings is 1. The van der Waals surface area contributed by atoms with Crippen LogP contribution in [0.2, 0.25) is 0 Å². The summed E-state index contributed by atoms with van der Waals surface area (Å²) in [5.41, 5.74) is 2.25. The van der Waals surface area contributed by atoms with Gasteiger partial charge in [-0.1, -0.05) is 68.2 Å². The minimum absolute atomic E-state index is 0. The Morgan fingerprint density at radius 3 is 2.52 bits per heavy atom. The minimum atomic E-state index is -0.952. The first-order valence-corrected chi connectivity index (χ1v) is 10.5.